The molecule has 6 nitrogen and oxygen atoms in total. The summed E-state index contributed by atoms with van der Waals surface area (Å²) in [6.45, 7) is 2.62. The zero-order chi connectivity index (χ0) is 13.3. The Morgan fingerprint density at radius 2 is 2.17 bits per heavy atom. The second-order valence-corrected chi connectivity index (χ2v) is 4.89. The molecule has 0 saturated carbocycles. The van der Waals surface area contributed by atoms with E-state index in [4.69, 9.17) is 4.74 Å². The fourth-order valence-electron chi connectivity index (χ4n) is 2.69. The molecule has 0 aromatic rings. The number of carbonyl (C=O) groups excluding carboxylic acids is 2. The van der Waals surface area contributed by atoms with E-state index in [9.17, 15) is 14.7 Å². The van der Waals surface area contributed by atoms with Crippen molar-refractivity contribution in [3.05, 3.63) is 0 Å². The third-order valence-corrected chi connectivity index (χ3v) is 3.73. The highest BCUT2D eigenvalue weighted by atomic mass is 16.5. The smallest absolute Gasteiger partial charge is 0.328 e. The van der Waals surface area contributed by atoms with Crippen LogP contribution in [-0.4, -0.2) is 60.4 Å². The predicted molar refractivity (Wildman–Crippen MR) is 61.7 cm³/mol. The van der Waals surface area contributed by atoms with Crippen LogP contribution in [0.5, 0.6) is 0 Å². The van der Waals surface area contributed by atoms with Gasteiger partial charge in [0.2, 0.25) is 5.91 Å². The number of aliphatic hydroxyl groups is 1. The van der Waals surface area contributed by atoms with Gasteiger partial charge in [-0.1, -0.05) is 0 Å². The molecule has 2 rings (SSSR count). The number of aliphatic hydroxyl groups excluding tert-OH is 1. The maximum atomic E-state index is 12.4. The van der Waals surface area contributed by atoms with Gasteiger partial charge in [-0.15, -0.1) is 0 Å². The average Bonchev–Trinajstić information content (AvgIpc) is 2.93. The van der Waals surface area contributed by atoms with Gasteiger partial charge in [0.25, 0.3) is 0 Å². The first-order valence-electron chi connectivity index (χ1n) is 6.22. The van der Waals surface area contributed by atoms with Crippen molar-refractivity contribution in [2.75, 3.05) is 20.3 Å². The number of β-amino-alcohol motifs (C(OH)–C–C–N with tert-alkyl or cyclic N) is 1. The molecule has 6 heteroatoms. The monoisotopic (exact) mass is 257 g/mol. The highest BCUT2D eigenvalue weighted by Crippen LogP contribution is 2.27. The maximum absolute atomic E-state index is 12.4. The quantitative estimate of drug-likeness (QED) is 0.678. The largest absolute Gasteiger partial charge is 0.467 e. The minimum atomic E-state index is -0.662. The minimum Gasteiger partial charge on any atom is -0.467 e. The van der Waals surface area contributed by atoms with Crippen molar-refractivity contribution in [3.63, 3.8) is 0 Å². The van der Waals surface area contributed by atoms with Crippen molar-refractivity contribution in [2.24, 2.45) is 5.92 Å². The second-order valence-electron chi connectivity index (χ2n) is 4.89. The third kappa shape index (κ3) is 2.35. The Labute approximate surface area is 106 Å². The first-order valence-corrected chi connectivity index (χ1v) is 6.22. The van der Waals surface area contributed by atoms with Crippen LogP contribution >= 0.6 is 0 Å². The van der Waals surface area contributed by atoms with Gasteiger partial charge in [0.1, 0.15) is 6.04 Å². The molecule has 2 heterocycles. The van der Waals surface area contributed by atoms with Gasteiger partial charge < -0.3 is 19.5 Å². The number of rotatable bonds is 2. The van der Waals surface area contributed by atoms with Crippen molar-refractivity contribution < 1.29 is 24.2 Å². The summed E-state index contributed by atoms with van der Waals surface area (Å²) in [6.07, 6.45) is 0.130. The van der Waals surface area contributed by atoms with Gasteiger partial charge in [0.05, 0.1) is 25.2 Å². The van der Waals surface area contributed by atoms with Crippen LogP contribution in [0, 0.1) is 5.92 Å². The number of amides is 1. The highest BCUT2D eigenvalue weighted by Gasteiger charge is 2.44. The van der Waals surface area contributed by atoms with Gasteiger partial charge >= 0.3 is 5.97 Å². The maximum Gasteiger partial charge on any atom is 0.328 e. The van der Waals surface area contributed by atoms with Crippen molar-refractivity contribution in [1.29, 1.82) is 0 Å². The van der Waals surface area contributed by atoms with Crippen LogP contribution in [0.25, 0.3) is 0 Å². The van der Waals surface area contributed by atoms with Gasteiger partial charge in [0, 0.05) is 19.6 Å². The Morgan fingerprint density at radius 3 is 2.72 bits per heavy atom. The van der Waals surface area contributed by atoms with Crippen LogP contribution in [-0.2, 0) is 19.1 Å². The number of nitrogens with zero attached hydrogens (tertiary/aromatic N) is 1. The van der Waals surface area contributed by atoms with Gasteiger partial charge in [0.15, 0.2) is 0 Å². The molecule has 2 aliphatic rings. The van der Waals surface area contributed by atoms with E-state index in [-0.39, 0.29) is 30.9 Å². The van der Waals surface area contributed by atoms with E-state index in [1.165, 1.54) is 12.0 Å². The molecule has 4 atom stereocenters. The fraction of sp³-hybridized carbons (Fsp3) is 0.833. The van der Waals surface area contributed by atoms with Crippen molar-refractivity contribution in [3.8, 4) is 0 Å². The minimum absolute atomic E-state index is 0.119. The van der Waals surface area contributed by atoms with E-state index in [1.54, 1.807) is 0 Å². The Kier molecular flexibility index (Phi) is 3.87. The molecule has 0 bridgehead atoms. The Hall–Kier alpha value is -1.14. The molecular formula is C12H19NO5. The van der Waals surface area contributed by atoms with E-state index < -0.39 is 18.1 Å². The molecule has 0 aliphatic carbocycles. The number of carbonyl (C=O) groups is 2. The second kappa shape index (κ2) is 5.24. The average molecular weight is 257 g/mol. The van der Waals surface area contributed by atoms with Gasteiger partial charge in [-0.3, -0.25) is 4.79 Å². The topological polar surface area (TPSA) is 76.1 Å². The molecule has 0 spiro atoms. The molecule has 0 aromatic heterocycles. The Bertz CT molecular complexity index is 345. The van der Waals surface area contributed by atoms with Crippen LogP contribution in [0.1, 0.15) is 19.8 Å². The van der Waals surface area contributed by atoms with Gasteiger partial charge in [-0.25, -0.2) is 4.79 Å². The normalized spacial score (nSPS) is 35.8. The first-order chi connectivity index (χ1) is 8.54. The molecular weight excluding hydrogens is 238 g/mol. The van der Waals surface area contributed by atoms with Crippen LogP contribution in [0.2, 0.25) is 0 Å². The Morgan fingerprint density at radius 1 is 1.44 bits per heavy atom. The zero-order valence-corrected chi connectivity index (χ0v) is 10.7. The van der Waals surface area contributed by atoms with Gasteiger partial charge in [-0.2, -0.15) is 0 Å². The lowest BCUT2D eigenvalue weighted by molar-refractivity contribution is -0.152. The van der Waals surface area contributed by atoms with Crippen LogP contribution < -0.4 is 0 Å². The summed E-state index contributed by atoms with van der Waals surface area (Å²) in [7, 11) is 1.29. The molecule has 18 heavy (non-hydrogen) atoms. The summed E-state index contributed by atoms with van der Waals surface area (Å²) >= 11 is 0. The molecule has 2 saturated heterocycles. The molecule has 0 aromatic carbocycles. The molecule has 0 radical (unpaired) electrons. The number of esters is 1. The summed E-state index contributed by atoms with van der Waals surface area (Å²) in [5.41, 5.74) is 0. The SMILES string of the molecule is COC(=O)C1CC(O)CN1C(=O)C1CCOC1C. The number of methoxy groups -OCH3 is 1. The predicted octanol–water partition coefficient (Wildman–Crippen LogP) is -0.454. The van der Waals surface area contributed by atoms with Crippen molar-refractivity contribution >= 4 is 11.9 Å². The summed E-state index contributed by atoms with van der Waals surface area (Å²) in [5.74, 6) is -0.805. The molecule has 1 amide bonds. The number of likely N-dealkylation sites (tertiary alicyclic amines) is 1. The Balaban J connectivity index is 2.10. The summed E-state index contributed by atoms with van der Waals surface area (Å²) in [5, 5.41) is 9.64. The van der Waals surface area contributed by atoms with Crippen LogP contribution in [0.4, 0.5) is 0 Å². The zero-order valence-electron chi connectivity index (χ0n) is 10.7. The van der Waals surface area contributed by atoms with E-state index >= 15 is 0 Å². The summed E-state index contributed by atoms with van der Waals surface area (Å²) in [6, 6.07) is -0.662. The highest BCUT2D eigenvalue weighted by molar-refractivity contribution is 5.87. The lowest BCUT2D eigenvalue weighted by atomic mass is 10.0. The van der Waals surface area contributed by atoms with Crippen LogP contribution in [0.15, 0.2) is 0 Å². The molecule has 4 unspecified atom stereocenters. The van der Waals surface area contributed by atoms with E-state index in [0.29, 0.717) is 13.0 Å². The lowest BCUT2D eigenvalue weighted by Crippen LogP contribution is -2.45. The van der Waals surface area contributed by atoms with Crippen LogP contribution in [0.3, 0.4) is 0 Å². The lowest BCUT2D eigenvalue weighted by Gasteiger charge is -2.26. The van der Waals surface area contributed by atoms with E-state index in [0.717, 1.165) is 0 Å². The molecule has 2 fully saturated rings. The van der Waals surface area contributed by atoms with E-state index in [1.807, 2.05) is 6.92 Å². The summed E-state index contributed by atoms with van der Waals surface area (Å²) in [4.78, 5) is 25.4. The number of ether oxygens (including phenoxy) is 2. The van der Waals surface area contributed by atoms with Gasteiger partial charge in [-0.05, 0) is 13.3 Å². The fourth-order valence-corrected chi connectivity index (χ4v) is 2.69. The first kappa shape index (κ1) is 13.3. The third-order valence-electron chi connectivity index (χ3n) is 3.73. The molecule has 2 aliphatic heterocycles. The number of hydrogen-bond donors (Lipinski definition) is 1. The van der Waals surface area contributed by atoms with Crippen molar-refractivity contribution in [1.82, 2.24) is 4.90 Å². The van der Waals surface area contributed by atoms with Crippen molar-refractivity contribution in [2.45, 2.75) is 38.0 Å². The number of hydrogen-bond acceptors (Lipinski definition) is 5. The molecule has 1 N–H and O–H groups in total. The standard InChI is InChI=1S/C12H19NO5/c1-7-9(3-4-18-7)11(15)13-6-8(14)5-10(13)12(16)17-2/h7-10,14H,3-6H2,1-2H3. The molecule has 102 valence electrons. The summed E-state index contributed by atoms with van der Waals surface area (Å²) < 4.78 is 10.0. The van der Waals surface area contributed by atoms with E-state index in [2.05, 4.69) is 4.74 Å².